The number of fused-ring (bicyclic) bond motifs is 2. The lowest BCUT2D eigenvalue weighted by Crippen LogP contribution is -2.39. The van der Waals surface area contributed by atoms with Crippen molar-refractivity contribution in [1.29, 1.82) is 0 Å². The Morgan fingerprint density at radius 2 is 1.95 bits per heavy atom. The third-order valence-corrected chi connectivity index (χ3v) is 4.32. The monoisotopic (exact) mass is 281 g/mol. The molecule has 110 valence electrons. The van der Waals surface area contributed by atoms with E-state index in [2.05, 4.69) is 28.9 Å². The van der Waals surface area contributed by atoms with Gasteiger partial charge < -0.3 is 4.90 Å². The molecule has 0 aromatic carbocycles. The van der Waals surface area contributed by atoms with Crippen molar-refractivity contribution in [2.75, 3.05) is 18.0 Å². The van der Waals surface area contributed by atoms with Gasteiger partial charge in [-0.25, -0.2) is 0 Å². The Hall–Kier alpha value is -1.90. The Morgan fingerprint density at radius 3 is 2.62 bits per heavy atom. The van der Waals surface area contributed by atoms with Gasteiger partial charge in [0.15, 0.2) is 0 Å². The molecule has 21 heavy (non-hydrogen) atoms. The quantitative estimate of drug-likeness (QED) is 0.785. The van der Waals surface area contributed by atoms with Gasteiger partial charge in [0.25, 0.3) is 0 Å². The third-order valence-electron chi connectivity index (χ3n) is 4.32. The minimum absolute atomic E-state index is 0.662. The van der Waals surface area contributed by atoms with E-state index in [9.17, 15) is 0 Å². The van der Waals surface area contributed by atoms with Gasteiger partial charge in [-0.2, -0.15) is 0 Å². The van der Waals surface area contributed by atoms with Crippen LogP contribution in [0.25, 0.3) is 11.1 Å². The average Bonchev–Trinajstić information content (AvgIpc) is 2.57. The summed E-state index contributed by atoms with van der Waals surface area (Å²) in [6.07, 6.45) is 6.31. The molecule has 3 heteroatoms. The van der Waals surface area contributed by atoms with Crippen molar-refractivity contribution in [2.24, 2.45) is 0 Å². The van der Waals surface area contributed by atoms with Gasteiger partial charge >= 0.3 is 0 Å². The molecule has 3 aliphatic heterocycles. The molecule has 0 radical (unpaired) electrons. The number of aryl methyl sites for hydroxylation is 1. The fraction of sp³-hybridized carbons (Fsp3) is 0.444. The van der Waals surface area contributed by atoms with Crippen LogP contribution in [0.3, 0.4) is 0 Å². The van der Waals surface area contributed by atoms with Crippen LogP contribution >= 0.6 is 0 Å². The second kappa shape index (κ2) is 5.84. The van der Waals surface area contributed by atoms with Crippen LogP contribution in [0, 0.1) is 6.92 Å². The largest absolute Gasteiger partial charge is 0.370 e. The summed E-state index contributed by atoms with van der Waals surface area (Å²) in [4.78, 5) is 11.6. The summed E-state index contributed by atoms with van der Waals surface area (Å²) < 4.78 is 0. The summed E-state index contributed by atoms with van der Waals surface area (Å²) in [5, 5.41) is 0. The van der Waals surface area contributed by atoms with E-state index in [-0.39, 0.29) is 0 Å². The van der Waals surface area contributed by atoms with E-state index in [1.54, 1.807) is 0 Å². The minimum Gasteiger partial charge on any atom is -0.370 e. The van der Waals surface area contributed by atoms with E-state index in [1.807, 2.05) is 32.3 Å². The summed E-state index contributed by atoms with van der Waals surface area (Å²) in [7, 11) is 0. The number of hydrogen-bond acceptors (Lipinski definition) is 3. The number of anilines is 1. The van der Waals surface area contributed by atoms with Crippen LogP contribution in [-0.2, 0) is 0 Å². The lowest BCUT2D eigenvalue weighted by atomic mass is 9.84. The molecule has 0 N–H and O–H groups in total. The standard InChI is InChI=1S/C16H17N3.C2H6/c1-11-9-14(13-3-2-6-17-10-13)16-15(18-11)12-4-7-19(16)8-5-12;1-2/h2-3,6,9-10,12H,4-5,7-8H2,1H3;1-2H3. The smallest absolute Gasteiger partial charge is 0.0678 e. The van der Waals surface area contributed by atoms with Crippen molar-refractivity contribution >= 4 is 5.69 Å². The van der Waals surface area contributed by atoms with Crippen molar-refractivity contribution in [3.8, 4) is 11.1 Å². The highest BCUT2D eigenvalue weighted by molar-refractivity contribution is 5.81. The van der Waals surface area contributed by atoms with E-state index in [0.717, 1.165) is 5.69 Å². The fourth-order valence-corrected chi connectivity index (χ4v) is 3.43. The first-order chi connectivity index (χ1) is 10.3. The molecule has 0 amide bonds. The Balaban J connectivity index is 0.000000636. The highest BCUT2D eigenvalue weighted by Gasteiger charge is 2.34. The van der Waals surface area contributed by atoms with Crippen molar-refractivity contribution in [1.82, 2.24) is 9.97 Å². The molecule has 0 aliphatic carbocycles. The van der Waals surface area contributed by atoms with Gasteiger partial charge in [-0.05, 0) is 31.9 Å². The number of hydrogen-bond donors (Lipinski definition) is 0. The highest BCUT2D eigenvalue weighted by atomic mass is 15.2. The predicted molar refractivity (Wildman–Crippen MR) is 87.7 cm³/mol. The van der Waals surface area contributed by atoms with Crippen LogP contribution in [0.5, 0.6) is 0 Å². The first kappa shape index (κ1) is 14.1. The van der Waals surface area contributed by atoms with Crippen LogP contribution < -0.4 is 4.90 Å². The molecule has 2 bridgehead atoms. The molecule has 3 aliphatic rings. The third kappa shape index (κ3) is 2.41. The number of pyridine rings is 2. The maximum Gasteiger partial charge on any atom is 0.0678 e. The molecule has 0 atom stereocenters. The van der Waals surface area contributed by atoms with Crippen LogP contribution in [0.1, 0.15) is 44.0 Å². The average molecular weight is 281 g/mol. The molecule has 1 saturated heterocycles. The summed E-state index contributed by atoms with van der Waals surface area (Å²) in [6, 6.07) is 6.36. The molecule has 0 saturated carbocycles. The van der Waals surface area contributed by atoms with Gasteiger partial charge in [-0.3, -0.25) is 9.97 Å². The van der Waals surface area contributed by atoms with Gasteiger partial charge in [-0.15, -0.1) is 0 Å². The predicted octanol–water partition coefficient (Wildman–Crippen LogP) is 4.18. The number of nitrogens with zero attached hydrogens (tertiary/aromatic N) is 3. The van der Waals surface area contributed by atoms with Gasteiger partial charge in [0.05, 0.1) is 11.4 Å². The zero-order chi connectivity index (χ0) is 14.8. The lowest BCUT2D eigenvalue weighted by molar-refractivity contribution is 0.463. The Morgan fingerprint density at radius 1 is 1.19 bits per heavy atom. The first-order valence-electron chi connectivity index (χ1n) is 8.00. The summed E-state index contributed by atoms with van der Waals surface area (Å²) >= 11 is 0. The number of aromatic nitrogens is 2. The number of piperidine rings is 1. The first-order valence-corrected chi connectivity index (χ1v) is 8.00. The molecule has 5 heterocycles. The second-order valence-electron chi connectivity index (χ2n) is 5.55. The molecule has 5 rings (SSSR count). The SMILES string of the molecule is CC.Cc1cc(-c2cccnc2)c2c(n1)C1CCN2CC1. The molecule has 2 aromatic heterocycles. The Bertz CT molecular complexity index is 614. The van der Waals surface area contributed by atoms with Gasteiger partial charge in [0.2, 0.25) is 0 Å². The topological polar surface area (TPSA) is 29.0 Å². The van der Waals surface area contributed by atoms with Crippen molar-refractivity contribution in [3.05, 3.63) is 42.0 Å². The van der Waals surface area contributed by atoms with Crippen LogP contribution in [0.2, 0.25) is 0 Å². The van der Waals surface area contributed by atoms with E-state index in [4.69, 9.17) is 4.98 Å². The van der Waals surface area contributed by atoms with Crippen molar-refractivity contribution < 1.29 is 0 Å². The van der Waals surface area contributed by atoms with Crippen molar-refractivity contribution in [3.63, 3.8) is 0 Å². The zero-order valence-electron chi connectivity index (χ0n) is 13.1. The normalized spacial score (nSPS) is 16.2. The molecular weight excluding hydrogens is 258 g/mol. The second-order valence-corrected chi connectivity index (χ2v) is 5.55. The van der Waals surface area contributed by atoms with Crippen LogP contribution in [0.4, 0.5) is 5.69 Å². The van der Waals surface area contributed by atoms with E-state index in [0.29, 0.717) is 5.92 Å². The molecular formula is C18H23N3. The van der Waals surface area contributed by atoms with E-state index < -0.39 is 0 Å². The summed E-state index contributed by atoms with van der Waals surface area (Å²) in [6.45, 7) is 8.45. The zero-order valence-corrected chi connectivity index (χ0v) is 13.1. The highest BCUT2D eigenvalue weighted by Crippen LogP contribution is 2.46. The molecule has 2 aromatic rings. The Labute approximate surface area is 127 Å². The van der Waals surface area contributed by atoms with Crippen molar-refractivity contribution in [2.45, 2.75) is 39.5 Å². The summed E-state index contributed by atoms with van der Waals surface area (Å²) in [5.74, 6) is 0.662. The van der Waals surface area contributed by atoms with Gasteiger partial charge in [0, 0.05) is 48.2 Å². The maximum absolute atomic E-state index is 4.82. The minimum atomic E-state index is 0.662. The molecule has 3 nitrogen and oxygen atoms in total. The molecule has 0 spiro atoms. The lowest BCUT2D eigenvalue weighted by Gasteiger charge is -2.42. The van der Waals surface area contributed by atoms with Gasteiger partial charge in [0.1, 0.15) is 0 Å². The van der Waals surface area contributed by atoms with E-state index >= 15 is 0 Å². The van der Waals surface area contributed by atoms with E-state index in [1.165, 1.54) is 48.4 Å². The maximum atomic E-state index is 4.82. The van der Waals surface area contributed by atoms with Crippen LogP contribution in [0.15, 0.2) is 30.6 Å². The number of rotatable bonds is 1. The molecule has 1 fully saturated rings. The van der Waals surface area contributed by atoms with Gasteiger partial charge in [-0.1, -0.05) is 19.9 Å². The van der Waals surface area contributed by atoms with Crippen LogP contribution in [-0.4, -0.2) is 23.1 Å². The molecule has 0 unspecified atom stereocenters. The fourth-order valence-electron chi connectivity index (χ4n) is 3.43. The summed E-state index contributed by atoms with van der Waals surface area (Å²) in [5.41, 5.74) is 6.31. The Kier molecular flexibility index (Phi) is 3.91.